The molecule has 16 heteroatoms. The molecule has 5 rings (SSSR count). The number of ketones is 1. The van der Waals surface area contributed by atoms with Crippen LogP contribution in [-0.2, 0) is 44.5 Å². The summed E-state index contributed by atoms with van der Waals surface area (Å²) in [5.74, 6) is -3.55. The lowest BCUT2D eigenvalue weighted by atomic mass is 9.46. The molecule has 1 saturated heterocycles. The van der Waals surface area contributed by atoms with Crippen LogP contribution in [0.2, 0.25) is 0 Å². The number of aliphatic carboxylic acids is 2. The van der Waals surface area contributed by atoms with Crippen molar-refractivity contribution in [2.75, 3.05) is 19.8 Å². The second-order valence-corrected chi connectivity index (χ2v) is 17.6. The molecule has 4 aliphatic rings. The molecule has 62 heavy (non-hydrogen) atoms. The van der Waals surface area contributed by atoms with Gasteiger partial charge in [-0.2, -0.15) is 0 Å². The SMILES string of the molecule is C/C=C\C=C(/C)CO[C@H]1[C@@H]2C3CO[C@@H]3C[C@H](O)[C@@]2(C)C(=O)[C@H](O)C2=C(C)[C@@H](OC(=O)CCc3ccccc3)C[C@]1(O)C2(C)C.CC(=O)O.CCC(C)(C)OC(N)=O.NCC(=O)O. The van der Waals surface area contributed by atoms with Gasteiger partial charge in [0, 0.05) is 43.4 Å². The van der Waals surface area contributed by atoms with Crippen molar-refractivity contribution in [3.8, 4) is 0 Å². The number of hydrogen-bond acceptors (Lipinski definition) is 13. The summed E-state index contributed by atoms with van der Waals surface area (Å²) < 4.78 is 23.3. The summed E-state index contributed by atoms with van der Waals surface area (Å²) in [6.07, 6.45) is 1.99. The Kier molecular flexibility index (Phi) is 19.7. The summed E-state index contributed by atoms with van der Waals surface area (Å²) in [6.45, 7) is 17.9. The average Bonchev–Trinajstić information content (AvgIpc) is 3.18. The molecule has 348 valence electrons. The lowest BCUT2D eigenvalue weighted by Gasteiger charge is -2.64. The van der Waals surface area contributed by atoms with Gasteiger partial charge in [-0.3, -0.25) is 19.2 Å². The standard InChI is InChI=1S/C36H48O8.C6H13NO2.C2H5NO2.C2H4O2/c1-7-8-12-21(2)19-43-33-30-24-20-42-25(24)17-27(37)35(30,6)32(40)31(39)29-22(3)26(18-36(33,41)34(29,4)5)44-28(38)16-15-23-13-10-9-11-14-23;1-4-6(2,3)9-5(7)8;3-1-2(4)5;1-2(3)4/h7-14,24-27,30-31,33,37,39,41H,15-20H2,1-6H3;4H2,1-3H3,(H2,7,8);1,3H2,(H,4,5);1H3,(H,3,4)/b8-7-,21-12+;;;/t24?,25-,26+,27+,30+,31-,33+,35-,36-;;;/m1.../s1. The highest BCUT2D eigenvalue weighted by Crippen LogP contribution is 2.62. The van der Waals surface area contributed by atoms with Crippen molar-refractivity contribution >= 4 is 29.8 Å². The van der Waals surface area contributed by atoms with Crippen LogP contribution in [-0.4, -0.2) is 117 Å². The minimum Gasteiger partial charge on any atom is -0.481 e. The molecular weight excluding hydrogens is 805 g/mol. The topological polar surface area (TPSA) is 275 Å². The van der Waals surface area contributed by atoms with E-state index < -0.39 is 82.2 Å². The van der Waals surface area contributed by atoms with Gasteiger partial charge in [0.15, 0.2) is 5.78 Å². The highest BCUT2D eigenvalue weighted by molar-refractivity contribution is 5.93. The number of carbonyl (C=O) groups excluding carboxylic acids is 3. The first-order chi connectivity index (χ1) is 28.7. The van der Waals surface area contributed by atoms with Gasteiger partial charge in [-0.25, -0.2) is 4.79 Å². The molecule has 1 unspecified atom stereocenters. The number of allylic oxidation sites excluding steroid dienone is 3. The first-order valence-electron chi connectivity index (χ1n) is 20.9. The van der Waals surface area contributed by atoms with Gasteiger partial charge in [0.05, 0.1) is 43.5 Å². The Morgan fingerprint density at radius 2 is 1.63 bits per heavy atom. The predicted molar refractivity (Wildman–Crippen MR) is 231 cm³/mol. The summed E-state index contributed by atoms with van der Waals surface area (Å²) >= 11 is 0. The van der Waals surface area contributed by atoms with E-state index in [2.05, 4.69) is 5.73 Å². The van der Waals surface area contributed by atoms with Crippen LogP contribution in [0.4, 0.5) is 4.79 Å². The summed E-state index contributed by atoms with van der Waals surface area (Å²) in [5, 5.41) is 51.4. The zero-order chi connectivity index (χ0) is 47.4. The van der Waals surface area contributed by atoms with E-state index in [4.69, 9.17) is 39.7 Å². The number of fused-ring (bicyclic) bond motifs is 5. The van der Waals surface area contributed by atoms with E-state index in [-0.39, 0.29) is 44.4 Å². The van der Waals surface area contributed by atoms with E-state index in [1.54, 1.807) is 13.8 Å². The molecule has 0 spiro atoms. The number of hydrogen-bond donors (Lipinski definition) is 7. The predicted octanol–water partition coefficient (Wildman–Crippen LogP) is 4.65. The summed E-state index contributed by atoms with van der Waals surface area (Å²) in [6, 6.07) is 9.66. The summed E-state index contributed by atoms with van der Waals surface area (Å²) in [4.78, 5) is 56.0. The van der Waals surface area contributed by atoms with Gasteiger partial charge in [0.1, 0.15) is 23.4 Å². The average molecular weight is 875 g/mol. The normalized spacial score (nSPS) is 29.8. The minimum absolute atomic E-state index is 0.0243. The molecule has 3 fully saturated rings. The number of amides is 1. The Balaban J connectivity index is 0.000000617. The van der Waals surface area contributed by atoms with Gasteiger partial charge in [0.2, 0.25) is 0 Å². The number of benzene rings is 1. The molecule has 1 aliphatic heterocycles. The number of rotatable bonds is 11. The zero-order valence-electron chi connectivity index (χ0n) is 37.9. The van der Waals surface area contributed by atoms with Gasteiger partial charge in [0.25, 0.3) is 5.97 Å². The minimum atomic E-state index is -1.67. The number of aliphatic hydroxyl groups is 3. The largest absolute Gasteiger partial charge is 0.481 e. The van der Waals surface area contributed by atoms with Crippen molar-refractivity contribution in [2.24, 2.45) is 34.1 Å². The second-order valence-electron chi connectivity index (χ2n) is 17.6. The number of nitrogens with two attached hydrogens (primary N) is 2. The van der Waals surface area contributed by atoms with Crippen LogP contribution in [0.1, 0.15) is 100 Å². The fourth-order valence-electron chi connectivity index (χ4n) is 8.62. The van der Waals surface area contributed by atoms with Crippen molar-refractivity contribution < 1.29 is 68.5 Å². The molecule has 2 bridgehead atoms. The Hall–Kier alpha value is -4.45. The number of primary amides is 1. The molecule has 16 nitrogen and oxygen atoms in total. The van der Waals surface area contributed by atoms with Crippen LogP contribution >= 0.6 is 0 Å². The van der Waals surface area contributed by atoms with E-state index in [1.807, 2.05) is 97.0 Å². The third-order valence-corrected chi connectivity index (χ3v) is 12.5. The van der Waals surface area contributed by atoms with E-state index >= 15 is 0 Å². The number of aryl methyl sites for hydroxylation is 1. The number of Topliss-reactive ketones (excluding diaryl/α,β-unsaturated/α-hetero) is 1. The molecule has 2 saturated carbocycles. The highest BCUT2D eigenvalue weighted by atomic mass is 16.6. The Morgan fingerprint density at radius 3 is 2.10 bits per heavy atom. The van der Waals surface area contributed by atoms with Gasteiger partial charge in [-0.05, 0) is 76.7 Å². The molecule has 1 heterocycles. The second kappa shape index (κ2) is 22.8. The van der Waals surface area contributed by atoms with E-state index in [1.165, 1.54) is 0 Å². The third-order valence-electron chi connectivity index (χ3n) is 12.5. The molecule has 1 amide bonds. The zero-order valence-corrected chi connectivity index (χ0v) is 37.9. The van der Waals surface area contributed by atoms with Crippen LogP contribution in [0.15, 0.2) is 65.3 Å². The van der Waals surface area contributed by atoms with Crippen molar-refractivity contribution in [2.45, 2.75) is 143 Å². The quantitative estimate of drug-likeness (QED) is 0.0906. The smallest absolute Gasteiger partial charge is 0.405 e. The summed E-state index contributed by atoms with van der Waals surface area (Å²) in [7, 11) is 0. The van der Waals surface area contributed by atoms with Crippen molar-refractivity contribution in [3.63, 3.8) is 0 Å². The lowest BCUT2D eigenvalue weighted by molar-refractivity contribution is -0.284. The van der Waals surface area contributed by atoms with Crippen molar-refractivity contribution in [3.05, 3.63) is 70.8 Å². The lowest BCUT2D eigenvalue weighted by Crippen LogP contribution is -2.74. The maximum Gasteiger partial charge on any atom is 0.405 e. The molecule has 9 N–H and O–H groups in total. The van der Waals surface area contributed by atoms with Gasteiger partial charge < -0.3 is 55.9 Å². The molecule has 0 aromatic heterocycles. The van der Waals surface area contributed by atoms with Crippen LogP contribution in [0, 0.1) is 22.7 Å². The van der Waals surface area contributed by atoms with E-state index in [9.17, 15) is 34.5 Å². The number of esters is 1. The van der Waals surface area contributed by atoms with Crippen LogP contribution in [0.25, 0.3) is 0 Å². The number of carboxylic acids is 2. The van der Waals surface area contributed by atoms with Crippen LogP contribution in [0.3, 0.4) is 0 Å². The third kappa shape index (κ3) is 13.0. The molecule has 3 aliphatic carbocycles. The Labute approximate surface area is 365 Å². The first-order valence-corrected chi connectivity index (χ1v) is 20.9. The number of aliphatic hydroxyl groups excluding tert-OH is 2. The van der Waals surface area contributed by atoms with Gasteiger partial charge in [-0.1, -0.05) is 69.3 Å². The monoisotopic (exact) mass is 874 g/mol. The maximum atomic E-state index is 14.4. The van der Waals surface area contributed by atoms with Gasteiger partial charge in [-0.15, -0.1) is 0 Å². The molecule has 1 aromatic rings. The van der Waals surface area contributed by atoms with Gasteiger partial charge >= 0.3 is 18.0 Å². The first kappa shape index (κ1) is 53.7. The maximum absolute atomic E-state index is 14.4. The van der Waals surface area contributed by atoms with Crippen molar-refractivity contribution in [1.82, 2.24) is 0 Å². The summed E-state index contributed by atoms with van der Waals surface area (Å²) in [5.41, 5.74) is 7.56. The Morgan fingerprint density at radius 1 is 1.05 bits per heavy atom. The molecule has 9 atom stereocenters. The highest BCUT2D eigenvalue weighted by Gasteiger charge is 2.71. The van der Waals surface area contributed by atoms with E-state index in [0.717, 1.165) is 24.5 Å². The van der Waals surface area contributed by atoms with Crippen molar-refractivity contribution in [1.29, 1.82) is 0 Å². The molecule has 1 aromatic carbocycles. The van der Waals surface area contributed by atoms with Crippen LogP contribution in [0.5, 0.6) is 0 Å². The van der Waals surface area contributed by atoms with E-state index in [0.29, 0.717) is 24.2 Å². The van der Waals surface area contributed by atoms with Crippen LogP contribution < -0.4 is 11.5 Å². The number of ether oxygens (including phenoxy) is 4. The molecule has 0 radical (unpaired) electrons. The Bertz CT molecular complexity index is 1800. The fraction of sp³-hybridized carbons (Fsp3) is 0.630. The fourth-order valence-corrected chi connectivity index (χ4v) is 8.62. The molecular formula is C46H70N2O14. The number of carboxylic acid groups (broad SMARTS) is 2. The number of carbonyl (C=O) groups is 5.